The number of fused-ring (bicyclic) bond motifs is 5. The lowest BCUT2D eigenvalue weighted by Crippen LogP contribution is -2.00. The zero-order chi connectivity index (χ0) is 31.0. The van der Waals surface area contributed by atoms with Gasteiger partial charge in [0.2, 0.25) is 0 Å². The first kappa shape index (κ1) is 26.9. The molecule has 0 saturated carbocycles. The van der Waals surface area contributed by atoms with Crippen LogP contribution in [-0.2, 0) is 0 Å². The van der Waals surface area contributed by atoms with Crippen LogP contribution in [-0.4, -0.2) is 15.0 Å². The van der Waals surface area contributed by atoms with Crippen LogP contribution in [0.3, 0.4) is 0 Å². The van der Waals surface area contributed by atoms with Crippen LogP contribution in [0, 0.1) is 17.9 Å². The monoisotopic (exact) mass is 585 g/mol. The van der Waals surface area contributed by atoms with Crippen molar-refractivity contribution in [3.8, 4) is 51.0 Å². The van der Waals surface area contributed by atoms with Crippen molar-refractivity contribution < 1.29 is 0 Å². The number of nitrogens with zero attached hydrogens (tertiary/aromatic N) is 5. The molecule has 2 heterocycles. The molecule has 0 aliphatic rings. The van der Waals surface area contributed by atoms with Crippen molar-refractivity contribution >= 4 is 38.4 Å². The van der Waals surface area contributed by atoms with Gasteiger partial charge in [-0.2, -0.15) is 5.26 Å². The Morgan fingerprint density at radius 1 is 0.522 bits per heavy atom. The normalized spacial score (nSPS) is 11.0. The minimum absolute atomic E-state index is 0.402. The third-order valence-corrected chi connectivity index (χ3v) is 8.23. The number of aromatic nitrogens is 3. The quantitative estimate of drug-likeness (QED) is 0.152. The van der Waals surface area contributed by atoms with Gasteiger partial charge in [-0.3, -0.25) is 0 Å². The van der Waals surface area contributed by atoms with Crippen LogP contribution >= 0.6 is 0 Å². The second-order valence-corrected chi connectivity index (χ2v) is 11.0. The lowest BCUT2D eigenvalue weighted by molar-refractivity contribution is 1.30. The number of pyridine rings is 1. The molecule has 0 radical (unpaired) electrons. The van der Waals surface area contributed by atoms with Crippen LogP contribution in [0.25, 0.3) is 82.5 Å². The molecule has 5 nitrogen and oxygen atoms in total. The second kappa shape index (κ2) is 11.1. The Bertz CT molecular complexity index is 2500. The summed E-state index contributed by atoms with van der Waals surface area (Å²) in [5.41, 5.74) is 9.95. The van der Waals surface area contributed by atoms with E-state index in [0.29, 0.717) is 16.8 Å². The van der Waals surface area contributed by atoms with Gasteiger partial charge >= 0.3 is 0 Å². The first-order valence-corrected chi connectivity index (χ1v) is 14.9. The second-order valence-electron chi connectivity index (χ2n) is 11.0. The molecule has 0 atom stereocenters. The summed E-state index contributed by atoms with van der Waals surface area (Å²) in [5.74, 6) is 0. The molecule has 0 unspecified atom stereocenters. The van der Waals surface area contributed by atoms with Gasteiger partial charge in [0.05, 0.1) is 46.3 Å². The molecule has 0 fully saturated rings. The molecule has 212 valence electrons. The van der Waals surface area contributed by atoms with E-state index < -0.39 is 0 Å². The largest absolute Gasteiger partial charge is 0.247 e. The predicted octanol–water partition coefficient (Wildman–Crippen LogP) is 10.4. The molecule has 0 N–H and O–H groups in total. The van der Waals surface area contributed by atoms with Crippen molar-refractivity contribution in [3.63, 3.8) is 0 Å². The van der Waals surface area contributed by atoms with Gasteiger partial charge in [-0.25, -0.2) is 19.8 Å². The van der Waals surface area contributed by atoms with Crippen LogP contribution in [0.2, 0.25) is 0 Å². The Labute approximate surface area is 265 Å². The maximum Gasteiger partial charge on any atom is 0.189 e. The Kier molecular flexibility index (Phi) is 6.49. The number of benzene rings is 6. The van der Waals surface area contributed by atoms with Crippen LogP contribution in [0.1, 0.15) is 5.56 Å². The van der Waals surface area contributed by atoms with Crippen molar-refractivity contribution in [1.82, 2.24) is 15.0 Å². The van der Waals surface area contributed by atoms with Gasteiger partial charge in [-0.15, -0.1) is 0 Å². The van der Waals surface area contributed by atoms with Crippen LogP contribution in [0.15, 0.2) is 140 Å². The Hall–Kier alpha value is -6.69. The fourth-order valence-corrected chi connectivity index (χ4v) is 6.19. The van der Waals surface area contributed by atoms with E-state index in [0.717, 1.165) is 72.1 Å². The first-order chi connectivity index (χ1) is 22.7. The Balaban J connectivity index is 1.62. The summed E-state index contributed by atoms with van der Waals surface area (Å²) in [4.78, 5) is 19.7. The highest BCUT2D eigenvalue weighted by molar-refractivity contribution is 6.25. The summed E-state index contributed by atoms with van der Waals surface area (Å²) in [6.45, 7) is 7.76. The fourth-order valence-electron chi connectivity index (χ4n) is 6.19. The molecule has 8 aromatic rings. The average Bonchev–Trinajstić information content (AvgIpc) is 3.14. The van der Waals surface area contributed by atoms with E-state index in [1.165, 1.54) is 0 Å². The third kappa shape index (κ3) is 4.52. The SMILES string of the molecule is [C-]#[N+]c1cc(C#N)cc(-c2cc3nc(-c4ccccc4)c(-c4ccccc4)nc3c3c(-c4ccccc4)nc4ccccc4c23)c1. The maximum atomic E-state index is 9.89. The summed E-state index contributed by atoms with van der Waals surface area (Å²) in [6, 6.07) is 48.1. The Morgan fingerprint density at radius 2 is 1.09 bits per heavy atom. The lowest BCUT2D eigenvalue weighted by Gasteiger charge is -2.18. The van der Waals surface area contributed by atoms with Crippen molar-refractivity contribution in [2.75, 3.05) is 0 Å². The van der Waals surface area contributed by atoms with E-state index in [4.69, 9.17) is 21.5 Å². The van der Waals surface area contributed by atoms with Gasteiger partial charge in [-0.05, 0) is 41.5 Å². The Morgan fingerprint density at radius 3 is 1.72 bits per heavy atom. The third-order valence-electron chi connectivity index (χ3n) is 8.23. The van der Waals surface area contributed by atoms with Gasteiger partial charge in [-0.1, -0.05) is 109 Å². The molecular weight excluding hydrogens is 562 g/mol. The van der Waals surface area contributed by atoms with E-state index >= 15 is 0 Å². The molecule has 0 spiro atoms. The number of para-hydroxylation sites is 1. The highest BCUT2D eigenvalue weighted by atomic mass is 14.8. The van der Waals surface area contributed by atoms with E-state index in [1.807, 2.05) is 97.1 Å². The van der Waals surface area contributed by atoms with Gasteiger partial charge < -0.3 is 0 Å². The van der Waals surface area contributed by atoms with E-state index in [9.17, 15) is 5.26 Å². The van der Waals surface area contributed by atoms with Crippen molar-refractivity contribution in [3.05, 3.63) is 157 Å². The standard InChI is InChI=1S/C41H23N5/c1-43-31-22-26(25-42)21-30(23-31)33-24-35-41(46-40(29-17-9-4-10-18-29)39(45-35)28-15-7-3-8-16-28)37-36(33)32-19-11-12-20-34(32)44-38(37)27-13-5-2-6-14-27/h2-24H. The highest BCUT2D eigenvalue weighted by Gasteiger charge is 2.22. The molecule has 0 bridgehead atoms. The summed E-state index contributed by atoms with van der Waals surface area (Å²) in [6.07, 6.45) is 0. The van der Waals surface area contributed by atoms with Crippen molar-refractivity contribution in [1.29, 1.82) is 5.26 Å². The number of nitriles is 1. The molecule has 0 amide bonds. The fraction of sp³-hybridized carbons (Fsp3) is 0. The zero-order valence-electron chi connectivity index (χ0n) is 24.5. The van der Waals surface area contributed by atoms with Gasteiger partial charge in [0, 0.05) is 38.4 Å². The molecule has 0 aliphatic heterocycles. The van der Waals surface area contributed by atoms with E-state index in [2.05, 4.69) is 47.3 Å². The summed E-state index contributed by atoms with van der Waals surface area (Å²) in [5, 5.41) is 12.7. The van der Waals surface area contributed by atoms with Gasteiger partial charge in [0.15, 0.2) is 5.69 Å². The molecule has 8 rings (SSSR count). The van der Waals surface area contributed by atoms with E-state index in [-0.39, 0.29) is 0 Å². The average molecular weight is 586 g/mol. The molecule has 6 aromatic carbocycles. The summed E-state index contributed by atoms with van der Waals surface area (Å²) >= 11 is 0. The number of rotatable bonds is 4. The molecular formula is C41H23N5. The van der Waals surface area contributed by atoms with Crippen molar-refractivity contribution in [2.45, 2.75) is 0 Å². The minimum atomic E-state index is 0.402. The maximum absolute atomic E-state index is 9.89. The highest BCUT2D eigenvalue weighted by Crippen LogP contribution is 2.44. The molecule has 0 aliphatic carbocycles. The number of hydrogen-bond donors (Lipinski definition) is 0. The topological polar surface area (TPSA) is 66.8 Å². The van der Waals surface area contributed by atoms with Gasteiger partial charge in [0.25, 0.3) is 0 Å². The lowest BCUT2D eigenvalue weighted by atomic mass is 9.90. The smallest absolute Gasteiger partial charge is 0.189 e. The molecule has 46 heavy (non-hydrogen) atoms. The van der Waals surface area contributed by atoms with Crippen LogP contribution in [0.5, 0.6) is 0 Å². The van der Waals surface area contributed by atoms with Crippen LogP contribution < -0.4 is 0 Å². The summed E-state index contributed by atoms with van der Waals surface area (Å²) in [7, 11) is 0. The molecule has 0 saturated heterocycles. The molecule has 2 aromatic heterocycles. The number of hydrogen-bond acceptors (Lipinski definition) is 4. The summed E-state index contributed by atoms with van der Waals surface area (Å²) < 4.78 is 0. The first-order valence-electron chi connectivity index (χ1n) is 14.9. The van der Waals surface area contributed by atoms with Gasteiger partial charge in [0.1, 0.15) is 0 Å². The predicted molar refractivity (Wildman–Crippen MR) is 185 cm³/mol. The minimum Gasteiger partial charge on any atom is -0.247 e. The molecule has 5 heteroatoms. The van der Waals surface area contributed by atoms with Crippen LogP contribution in [0.4, 0.5) is 5.69 Å². The van der Waals surface area contributed by atoms with E-state index in [1.54, 1.807) is 6.07 Å². The zero-order valence-corrected chi connectivity index (χ0v) is 24.5. The van der Waals surface area contributed by atoms with Crippen molar-refractivity contribution in [2.24, 2.45) is 0 Å².